The lowest BCUT2D eigenvalue weighted by Crippen LogP contribution is -2.48. The van der Waals surface area contributed by atoms with Gasteiger partial charge in [-0.15, -0.1) is 0 Å². The maximum atomic E-state index is 13.2. The summed E-state index contributed by atoms with van der Waals surface area (Å²) in [6.45, 7) is 3.22. The molecule has 1 aliphatic heterocycles. The maximum Gasteiger partial charge on any atom is 0.285 e. The van der Waals surface area contributed by atoms with Crippen LogP contribution in [0.25, 0.3) is 0 Å². The fraction of sp³-hybridized carbons (Fsp3) is 0.240. The minimum absolute atomic E-state index is 0.0652. The molecule has 36 heavy (non-hydrogen) atoms. The van der Waals surface area contributed by atoms with Crippen molar-refractivity contribution in [1.29, 1.82) is 0 Å². The van der Waals surface area contributed by atoms with Crippen molar-refractivity contribution < 1.29 is 22.9 Å². The monoisotopic (exact) mass is 510 g/mol. The van der Waals surface area contributed by atoms with Crippen molar-refractivity contribution in [2.24, 2.45) is 0 Å². The predicted octanol–water partition coefficient (Wildman–Crippen LogP) is 3.68. The number of nitrogens with zero attached hydrogens (tertiary/aromatic N) is 3. The van der Waals surface area contributed by atoms with Gasteiger partial charge in [0, 0.05) is 37.4 Å². The Hall–Kier alpha value is -3.96. The Morgan fingerprint density at radius 3 is 2.28 bits per heavy atom. The minimum Gasteiger partial charge on any atom is -0.495 e. The summed E-state index contributed by atoms with van der Waals surface area (Å²) in [5, 5.41) is 14.0. The number of hydrogen-bond acceptors (Lipinski definition) is 7. The quantitative estimate of drug-likeness (QED) is 0.380. The van der Waals surface area contributed by atoms with Crippen molar-refractivity contribution in [2.75, 3.05) is 43.5 Å². The van der Waals surface area contributed by atoms with Gasteiger partial charge in [-0.3, -0.25) is 14.9 Å². The second kappa shape index (κ2) is 10.3. The highest BCUT2D eigenvalue weighted by Crippen LogP contribution is 2.30. The number of benzene rings is 3. The fourth-order valence-electron chi connectivity index (χ4n) is 4.20. The van der Waals surface area contributed by atoms with E-state index in [9.17, 15) is 23.3 Å². The number of carbonyl (C=O) groups excluding carboxylic acids is 1. The van der Waals surface area contributed by atoms with Crippen molar-refractivity contribution in [3.05, 3.63) is 88.0 Å². The Balaban J connectivity index is 1.44. The average molecular weight is 511 g/mol. The molecule has 1 saturated heterocycles. The van der Waals surface area contributed by atoms with Crippen molar-refractivity contribution >= 4 is 33.0 Å². The van der Waals surface area contributed by atoms with Crippen molar-refractivity contribution in [2.45, 2.75) is 11.8 Å². The van der Waals surface area contributed by atoms with E-state index in [2.05, 4.69) is 10.2 Å². The van der Waals surface area contributed by atoms with E-state index in [4.69, 9.17) is 4.74 Å². The number of anilines is 2. The molecule has 0 aliphatic carbocycles. The molecule has 4 rings (SSSR count). The summed E-state index contributed by atoms with van der Waals surface area (Å²) in [5.74, 6) is 0.0934. The van der Waals surface area contributed by atoms with Crippen LogP contribution in [0.2, 0.25) is 0 Å². The van der Waals surface area contributed by atoms with Gasteiger partial charge in [-0.05, 0) is 49.4 Å². The number of nitrogens with one attached hydrogen (secondary N) is 1. The number of nitro benzene ring substituents is 1. The highest BCUT2D eigenvalue weighted by atomic mass is 32.2. The van der Waals surface area contributed by atoms with Crippen molar-refractivity contribution in [1.82, 2.24) is 4.31 Å². The van der Waals surface area contributed by atoms with Gasteiger partial charge < -0.3 is 15.0 Å². The molecule has 3 aromatic rings. The van der Waals surface area contributed by atoms with Gasteiger partial charge in [-0.2, -0.15) is 4.31 Å². The van der Waals surface area contributed by atoms with Gasteiger partial charge in [0.05, 0.1) is 22.6 Å². The fourth-order valence-corrected chi connectivity index (χ4v) is 5.62. The molecule has 0 saturated carbocycles. The first-order chi connectivity index (χ1) is 17.2. The molecule has 0 bridgehead atoms. The van der Waals surface area contributed by atoms with E-state index in [0.717, 1.165) is 11.4 Å². The Kier molecular flexibility index (Phi) is 7.22. The Morgan fingerprint density at radius 1 is 0.972 bits per heavy atom. The third-order valence-corrected chi connectivity index (χ3v) is 7.99. The Morgan fingerprint density at radius 2 is 1.64 bits per heavy atom. The van der Waals surface area contributed by atoms with Crippen LogP contribution in [-0.2, 0) is 10.0 Å². The zero-order valence-electron chi connectivity index (χ0n) is 19.9. The zero-order valence-corrected chi connectivity index (χ0v) is 20.7. The van der Waals surface area contributed by atoms with Gasteiger partial charge in [0.1, 0.15) is 11.3 Å². The first-order valence-corrected chi connectivity index (χ1v) is 12.7. The molecule has 0 aromatic heterocycles. The topological polar surface area (TPSA) is 122 Å². The Bertz CT molecular complexity index is 1380. The van der Waals surface area contributed by atoms with Crippen LogP contribution in [0, 0.1) is 17.0 Å². The number of piperazine rings is 1. The van der Waals surface area contributed by atoms with E-state index in [1.54, 1.807) is 26.2 Å². The number of nitro groups is 1. The molecule has 0 atom stereocenters. The summed E-state index contributed by atoms with van der Waals surface area (Å²) in [6.07, 6.45) is 0. The molecule has 1 aliphatic rings. The molecule has 10 nitrogen and oxygen atoms in total. The minimum atomic E-state index is -3.73. The van der Waals surface area contributed by atoms with E-state index < -0.39 is 20.9 Å². The second-order valence-electron chi connectivity index (χ2n) is 8.27. The van der Waals surface area contributed by atoms with Crippen LogP contribution in [0.4, 0.5) is 17.1 Å². The number of hydrogen-bond donors (Lipinski definition) is 1. The van der Waals surface area contributed by atoms with Gasteiger partial charge in [0.25, 0.3) is 11.6 Å². The number of carbonyl (C=O) groups is 1. The molecule has 1 N–H and O–H groups in total. The molecule has 0 unspecified atom stereocenters. The highest BCUT2D eigenvalue weighted by molar-refractivity contribution is 7.89. The summed E-state index contributed by atoms with van der Waals surface area (Å²) >= 11 is 0. The number of para-hydroxylation sites is 3. The SMILES string of the molecule is COc1ccccc1N1CCN(S(=O)(=O)c2ccc(NC(=O)c3cccc(C)c3[N+](=O)[O-])cc2)CC1. The summed E-state index contributed by atoms with van der Waals surface area (Å²) in [6, 6.07) is 17.9. The molecule has 1 heterocycles. The van der Waals surface area contributed by atoms with Gasteiger partial charge in [-0.25, -0.2) is 8.42 Å². The smallest absolute Gasteiger partial charge is 0.285 e. The van der Waals surface area contributed by atoms with E-state index in [1.807, 2.05) is 24.3 Å². The van der Waals surface area contributed by atoms with E-state index in [1.165, 1.54) is 34.6 Å². The van der Waals surface area contributed by atoms with Crippen LogP contribution in [0.15, 0.2) is 71.6 Å². The number of aryl methyl sites for hydroxylation is 1. The van der Waals surface area contributed by atoms with Crippen LogP contribution in [-0.4, -0.2) is 56.8 Å². The number of sulfonamides is 1. The number of methoxy groups -OCH3 is 1. The van der Waals surface area contributed by atoms with E-state index in [-0.39, 0.29) is 16.1 Å². The highest BCUT2D eigenvalue weighted by Gasteiger charge is 2.29. The molecule has 0 radical (unpaired) electrons. The van der Waals surface area contributed by atoms with Crippen LogP contribution < -0.4 is 15.0 Å². The molecule has 1 amide bonds. The number of rotatable bonds is 7. The zero-order chi connectivity index (χ0) is 25.9. The Labute approximate surface area is 209 Å². The molecular formula is C25H26N4O6S. The van der Waals surface area contributed by atoms with Crippen molar-refractivity contribution in [3.63, 3.8) is 0 Å². The molecule has 11 heteroatoms. The van der Waals surface area contributed by atoms with Gasteiger partial charge in [0.2, 0.25) is 10.0 Å². The van der Waals surface area contributed by atoms with E-state index in [0.29, 0.717) is 37.4 Å². The summed E-state index contributed by atoms with van der Waals surface area (Å²) in [4.78, 5) is 25.6. The lowest BCUT2D eigenvalue weighted by molar-refractivity contribution is -0.385. The largest absolute Gasteiger partial charge is 0.495 e. The summed E-state index contributed by atoms with van der Waals surface area (Å²) in [5.41, 5.74) is 1.30. The molecule has 3 aromatic carbocycles. The van der Waals surface area contributed by atoms with Crippen LogP contribution in [0.3, 0.4) is 0 Å². The molecule has 188 valence electrons. The summed E-state index contributed by atoms with van der Waals surface area (Å²) < 4.78 is 33.2. The van der Waals surface area contributed by atoms with Crippen LogP contribution >= 0.6 is 0 Å². The molecule has 0 spiro atoms. The molecule has 1 fully saturated rings. The van der Waals surface area contributed by atoms with Crippen LogP contribution in [0.1, 0.15) is 15.9 Å². The third-order valence-electron chi connectivity index (χ3n) is 6.08. The number of amides is 1. The average Bonchev–Trinajstić information content (AvgIpc) is 2.88. The summed E-state index contributed by atoms with van der Waals surface area (Å²) in [7, 11) is -2.13. The first kappa shape index (κ1) is 25.1. The van der Waals surface area contributed by atoms with Crippen molar-refractivity contribution in [3.8, 4) is 5.75 Å². The van der Waals surface area contributed by atoms with Gasteiger partial charge >= 0.3 is 0 Å². The standard InChI is InChI=1S/C25H26N4O6S/c1-18-6-5-7-21(24(18)29(31)32)25(30)26-19-10-12-20(13-11-19)36(33,34)28-16-14-27(15-17-28)22-8-3-4-9-23(22)35-2/h3-13H,14-17H2,1-2H3,(H,26,30). The van der Waals surface area contributed by atoms with Gasteiger partial charge in [-0.1, -0.05) is 24.3 Å². The number of ether oxygens (including phenoxy) is 1. The van der Waals surface area contributed by atoms with E-state index >= 15 is 0 Å². The van der Waals surface area contributed by atoms with Gasteiger partial charge in [0.15, 0.2) is 0 Å². The van der Waals surface area contributed by atoms with Crippen LogP contribution in [0.5, 0.6) is 5.75 Å². The lowest BCUT2D eigenvalue weighted by Gasteiger charge is -2.35. The first-order valence-electron chi connectivity index (χ1n) is 11.3. The maximum absolute atomic E-state index is 13.2. The lowest BCUT2D eigenvalue weighted by atomic mass is 10.1. The predicted molar refractivity (Wildman–Crippen MR) is 136 cm³/mol. The molecular weight excluding hydrogens is 484 g/mol. The second-order valence-corrected chi connectivity index (χ2v) is 10.2. The third kappa shape index (κ3) is 5.02. The normalized spacial score (nSPS) is 14.3.